The molecule has 0 saturated carbocycles. The van der Waals surface area contributed by atoms with E-state index >= 15 is 0 Å². The largest absolute Gasteiger partial charge is 0.465 e. The van der Waals surface area contributed by atoms with E-state index in [4.69, 9.17) is 4.42 Å². The quantitative estimate of drug-likeness (QED) is 0.719. The molecule has 2 aromatic carbocycles. The number of carbonyl (C=O) groups is 1. The minimum Gasteiger partial charge on any atom is -0.465 e. The van der Waals surface area contributed by atoms with Gasteiger partial charge in [-0.1, -0.05) is 12.1 Å². The number of ether oxygens (including phenoxy) is 1. The van der Waals surface area contributed by atoms with Crippen LogP contribution in [0, 0.1) is 0 Å². The molecule has 1 aromatic heterocycles. The first kappa shape index (κ1) is 16.2. The number of hydrogen-bond acceptors (Lipinski definition) is 5. The lowest BCUT2D eigenvalue weighted by Crippen LogP contribution is -2.23. The van der Waals surface area contributed by atoms with Crippen LogP contribution in [0.25, 0.3) is 11.0 Å². The van der Waals surface area contributed by atoms with Gasteiger partial charge in [-0.25, -0.2) is 17.9 Å². The third kappa shape index (κ3) is 3.32. The molecule has 0 saturated heterocycles. The normalized spacial score (nSPS) is 11.5. The Hall–Kier alpha value is -2.64. The molecule has 6 nitrogen and oxygen atoms in total. The minimum atomic E-state index is -3.68. The average molecular weight is 345 g/mol. The third-order valence-electron chi connectivity index (χ3n) is 3.57. The first-order chi connectivity index (χ1) is 11.5. The Kier molecular flexibility index (Phi) is 4.37. The Balaban J connectivity index is 1.74. The number of sulfonamides is 1. The summed E-state index contributed by atoms with van der Waals surface area (Å²) >= 11 is 0. The van der Waals surface area contributed by atoms with Crippen molar-refractivity contribution in [2.45, 2.75) is 11.4 Å². The summed E-state index contributed by atoms with van der Waals surface area (Å²) in [4.78, 5) is 11.5. The average Bonchev–Trinajstić information content (AvgIpc) is 3.07. The number of benzene rings is 2. The Morgan fingerprint density at radius 3 is 2.58 bits per heavy atom. The van der Waals surface area contributed by atoms with Crippen molar-refractivity contribution in [1.29, 1.82) is 0 Å². The van der Waals surface area contributed by atoms with Crippen molar-refractivity contribution in [3.05, 3.63) is 65.9 Å². The van der Waals surface area contributed by atoms with Crippen molar-refractivity contribution in [2.75, 3.05) is 7.11 Å². The van der Waals surface area contributed by atoms with Gasteiger partial charge < -0.3 is 9.15 Å². The van der Waals surface area contributed by atoms with E-state index in [0.29, 0.717) is 11.1 Å². The van der Waals surface area contributed by atoms with Gasteiger partial charge >= 0.3 is 5.97 Å². The summed E-state index contributed by atoms with van der Waals surface area (Å²) in [7, 11) is -2.41. The molecule has 3 aromatic rings. The lowest BCUT2D eigenvalue weighted by molar-refractivity contribution is 0.0600. The molecule has 0 aliphatic rings. The Morgan fingerprint density at radius 2 is 1.88 bits per heavy atom. The van der Waals surface area contributed by atoms with Crippen LogP contribution >= 0.6 is 0 Å². The highest BCUT2D eigenvalue weighted by atomic mass is 32.2. The molecule has 0 radical (unpaired) electrons. The van der Waals surface area contributed by atoms with E-state index in [9.17, 15) is 13.2 Å². The van der Waals surface area contributed by atoms with E-state index in [0.717, 1.165) is 10.9 Å². The first-order valence-electron chi connectivity index (χ1n) is 7.14. The van der Waals surface area contributed by atoms with Crippen LogP contribution in [0.4, 0.5) is 0 Å². The van der Waals surface area contributed by atoms with Crippen LogP contribution < -0.4 is 4.72 Å². The van der Waals surface area contributed by atoms with Crippen LogP contribution in [-0.4, -0.2) is 21.5 Å². The zero-order chi connectivity index (χ0) is 17.2. The lowest BCUT2D eigenvalue weighted by atomic mass is 10.2. The fraction of sp³-hybridized carbons (Fsp3) is 0.118. The summed E-state index contributed by atoms with van der Waals surface area (Å²) in [6, 6.07) is 12.9. The summed E-state index contributed by atoms with van der Waals surface area (Å²) < 4.78 is 37.0. The second-order valence-electron chi connectivity index (χ2n) is 5.13. The summed E-state index contributed by atoms with van der Waals surface area (Å²) in [6.07, 6.45) is 1.58. The van der Waals surface area contributed by atoms with Gasteiger partial charge in [0.1, 0.15) is 5.58 Å². The maximum atomic E-state index is 12.3. The van der Waals surface area contributed by atoms with E-state index in [1.807, 2.05) is 18.2 Å². The monoisotopic (exact) mass is 345 g/mol. The van der Waals surface area contributed by atoms with E-state index in [2.05, 4.69) is 9.46 Å². The Labute approximate surface area is 139 Å². The topological polar surface area (TPSA) is 85.6 Å². The molecule has 1 N–H and O–H groups in total. The van der Waals surface area contributed by atoms with Crippen LogP contribution in [-0.2, 0) is 21.3 Å². The molecule has 1 heterocycles. The van der Waals surface area contributed by atoms with Crippen LogP contribution in [0.15, 0.2) is 64.1 Å². The number of esters is 1. The van der Waals surface area contributed by atoms with Crippen LogP contribution in [0.2, 0.25) is 0 Å². The van der Waals surface area contributed by atoms with Crippen molar-refractivity contribution >= 4 is 27.0 Å². The Bertz CT molecular complexity index is 974. The predicted molar refractivity (Wildman–Crippen MR) is 88.0 cm³/mol. The molecule has 0 aliphatic carbocycles. The van der Waals surface area contributed by atoms with Gasteiger partial charge in [0, 0.05) is 11.9 Å². The number of hydrogen-bond donors (Lipinski definition) is 1. The number of fused-ring (bicyclic) bond motifs is 1. The molecular formula is C17H15NO5S. The highest BCUT2D eigenvalue weighted by molar-refractivity contribution is 7.89. The molecule has 7 heteroatoms. The maximum Gasteiger partial charge on any atom is 0.337 e. The highest BCUT2D eigenvalue weighted by Crippen LogP contribution is 2.18. The van der Waals surface area contributed by atoms with Gasteiger partial charge in [0.15, 0.2) is 0 Å². The molecule has 0 atom stereocenters. The fourth-order valence-electron chi connectivity index (χ4n) is 2.26. The van der Waals surface area contributed by atoms with Gasteiger partial charge in [0.05, 0.1) is 23.8 Å². The first-order valence-corrected chi connectivity index (χ1v) is 8.62. The number of methoxy groups -OCH3 is 1. The van der Waals surface area contributed by atoms with E-state index in [1.165, 1.54) is 31.4 Å². The molecule has 24 heavy (non-hydrogen) atoms. The molecule has 0 unspecified atom stereocenters. The van der Waals surface area contributed by atoms with Crippen LogP contribution in [0.3, 0.4) is 0 Å². The standard InChI is InChI=1S/C17H15NO5S/c1-22-17(19)14-4-6-15(7-5-14)24(20,21)18-11-12-2-3-13-8-9-23-16(13)10-12/h2-10,18H,11H2,1H3. The van der Waals surface area contributed by atoms with Crippen LogP contribution in [0.5, 0.6) is 0 Å². The molecular weight excluding hydrogens is 330 g/mol. The number of carbonyl (C=O) groups excluding carboxylic acids is 1. The fourth-order valence-corrected chi connectivity index (χ4v) is 3.28. The molecule has 0 aliphatic heterocycles. The molecule has 0 amide bonds. The van der Waals surface area contributed by atoms with Gasteiger partial charge in [0.25, 0.3) is 0 Å². The SMILES string of the molecule is COC(=O)c1ccc(S(=O)(=O)NCc2ccc3ccoc3c2)cc1. The molecule has 0 spiro atoms. The van der Waals surface area contributed by atoms with Crippen molar-refractivity contribution in [2.24, 2.45) is 0 Å². The number of rotatable bonds is 5. The second-order valence-corrected chi connectivity index (χ2v) is 6.90. The van der Waals surface area contributed by atoms with E-state index < -0.39 is 16.0 Å². The highest BCUT2D eigenvalue weighted by Gasteiger charge is 2.15. The smallest absolute Gasteiger partial charge is 0.337 e. The molecule has 0 bridgehead atoms. The minimum absolute atomic E-state index is 0.0780. The summed E-state index contributed by atoms with van der Waals surface area (Å²) in [5.41, 5.74) is 1.78. The van der Waals surface area contributed by atoms with Crippen molar-refractivity contribution in [3.8, 4) is 0 Å². The molecule has 3 rings (SSSR count). The van der Waals surface area contributed by atoms with Gasteiger partial charge in [0.2, 0.25) is 10.0 Å². The Morgan fingerprint density at radius 1 is 1.12 bits per heavy atom. The van der Waals surface area contributed by atoms with E-state index in [1.54, 1.807) is 12.3 Å². The number of furan rings is 1. The van der Waals surface area contributed by atoms with Crippen molar-refractivity contribution < 1.29 is 22.4 Å². The number of nitrogens with one attached hydrogen (secondary N) is 1. The third-order valence-corrected chi connectivity index (χ3v) is 4.99. The predicted octanol–water partition coefficient (Wildman–Crippen LogP) is 2.70. The molecule has 124 valence electrons. The van der Waals surface area contributed by atoms with Crippen molar-refractivity contribution in [1.82, 2.24) is 4.72 Å². The zero-order valence-electron chi connectivity index (χ0n) is 12.9. The van der Waals surface area contributed by atoms with Gasteiger partial charge in [-0.05, 0) is 42.0 Å². The summed E-state index contributed by atoms with van der Waals surface area (Å²) in [5, 5.41) is 0.958. The zero-order valence-corrected chi connectivity index (χ0v) is 13.7. The van der Waals surface area contributed by atoms with Gasteiger partial charge in [-0.2, -0.15) is 0 Å². The van der Waals surface area contributed by atoms with Gasteiger partial charge in [-0.15, -0.1) is 0 Å². The summed E-state index contributed by atoms with van der Waals surface area (Å²) in [6.45, 7) is 0.137. The van der Waals surface area contributed by atoms with E-state index in [-0.39, 0.29) is 11.4 Å². The van der Waals surface area contributed by atoms with Gasteiger partial charge in [-0.3, -0.25) is 0 Å². The van der Waals surface area contributed by atoms with Crippen LogP contribution in [0.1, 0.15) is 15.9 Å². The lowest BCUT2D eigenvalue weighted by Gasteiger charge is -2.07. The summed E-state index contributed by atoms with van der Waals surface area (Å²) in [5.74, 6) is -0.515. The molecule has 0 fully saturated rings. The van der Waals surface area contributed by atoms with Crippen molar-refractivity contribution in [3.63, 3.8) is 0 Å². The maximum absolute atomic E-state index is 12.3. The second kappa shape index (κ2) is 6.46.